The minimum Gasteiger partial charge on any atom is -0.507 e. The van der Waals surface area contributed by atoms with Crippen molar-refractivity contribution in [1.29, 1.82) is 0 Å². The molecule has 0 saturated heterocycles. The SMILES string of the molecule is CC(C(=O)OC(=O)c1ccccc1OC(=O)c1ccccc1O)c1cccc(C(=O)c2ccccc2)c1. The number of ether oxygens (including phenoxy) is 2. The lowest BCUT2D eigenvalue weighted by Gasteiger charge is -2.13. The molecule has 0 fully saturated rings. The van der Waals surface area contributed by atoms with Gasteiger partial charge in [-0.2, -0.15) is 0 Å². The zero-order chi connectivity index (χ0) is 26.4. The second-order valence-electron chi connectivity index (χ2n) is 8.15. The number of carbonyl (C=O) groups excluding carboxylic acids is 4. The summed E-state index contributed by atoms with van der Waals surface area (Å²) >= 11 is 0. The Labute approximate surface area is 212 Å². The Morgan fingerprint density at radius 2 is 1.30 bits per heavy atom. The van der Waals surface area contributed by atoms with Gasteiger partial charge in [0.1, 0.15) is 22.6 Å². The molecule has 0 amide bonds. The molecule has 184 valence electrons. The van der Waals surface area contributed by atoms with Crippen LogP contribution in [-0.2, 0) is 9.53 Å². The van der Waals surface area contributed by atoms with Gasteiger partial charge in [0.05, 0.1) is 5.92 Å². The van der Waals surface area contributed by atoms with Crippen molar-refractivity contribution in [3.05, 3.63) is 131 Å². The fourth-order valence-electron chi connectivity index (χ4n) is 3.60. The van der Waals surface area contributed by atoms with Gasteiger partial charge < -0.3 is 14.6 Å². The van der Waals surface area contributed by atoms with Crippen LogP contribution in [0.4, 0.5) is 0 Å². The molecule has 0 saturated carbocycles. The molecule has 0 radical (unpaired) electrons. The van der Waals surface area contributed by atoms with Crippen molar-refractivity contribution in [2.45, 2.75) is 12.8 Å². The van der Waals surface area contributed by atoms with Crippen molar-refractivity contribution >= 4 is 23.7 Å². The third-order valence-corrected chi connectivity index (χ3v) is 5.67. The number of hydrogen-bond acceptors (Lipinski definition) is 7. The Kier molecular flexibility index (Phi) is 7.54. The van der Waals surface area contributed by atoms with Crippen molar-refractivity contribution < 1.29 is 33.8 Å². The predicted molar refractivity (Wildman–Crippen MR) is 135 cm³/mol. The van der Waals surface area contributed by atoms with Crippen molar-refractivity contribution in [2.75, 3.05) is 0 Å². The van der Waals surface area contributed by atoms with E-state index in [0.29, 0.717) is 16.7 Å². The molecular weight excluding hydrogens is 472 g/mol. The van der Waals surface area contributed by atoms with Crippen LogP contribution in [0.5, 0.6) is 11.5 Å². The highest BCUT2D eigenvalue weighted by Gasteiger charge is 2.25. The highest BCUT2D eigenvalue weighted by molar-refractivity contribution is 6.09. The second kappa shape index (κ2) is 11.1. The number of rotatable bonds is 7. The van der Waals surface area contributed by atoms with Gasteiger partial charge in [0.2, 0.25) is 0 Å². The van der Waals surface area contributed by atoms with Crippen LogP contribution in [-0.4, -0.2) is 28.8 Å². The van der Waals surface area contributed by atoms with Gasteiger partial charge in [-0.3, -0.25) is 9.59 Å². The first-order valence-corrected chi connectivity index (χ1v) is 11.4. The molecule has 4 aromatic carbocycles. The fourth-order valence-corrected chi connectivity index (χ4v) is 3.60. The van der Waals surface area contributed by atoms with Crippen LogP contribution in [0.2, 0.25) is 0 Å². The first-order valence-electron chi connectivity index (χ1n) is 11.4. The molecule has 7 nitrogen and oxygen atoms in total. The van der Waals surface area contributed by atoms with E-state index in [1.54, 1.807) is 73.7 Å². The van der Waals surface area contributed by atoms with E-state index in [4.69, 9.17) is 9.47 Å². The maximum atomic E-state index is 12.8. The average Bonchev–Trinajstić information content (AvgIpc) is 2.93. The van der Waals surface area contributed by atoms with Gasteiger partial charge in [0, 0.05) is 11.1 Å². The second-order valence-corrected chi connectivity index (χ2v) is 8.15. The third-order valence-electron chi connectivity index (χ3n) is 5.67. The van der Waals surface area contributed by atoms with Crippen molar-refractivity contribution in [3.8, 4) is 11.5 Å². The minimum atomic E-state index is -1.01. The van der Waals surface area contributed by atoms with E-state index < -0.39 is 23.8 Å². The van der Waals surface area contributed by atoms with Crippen LogP contribution in [0, 0.1) is 0 Å². The molecule has 0 aliphatic carbocycles. The maximum Gasteiger partial charge on any atom is 0.349 e. The maximum absolute atomic E-state index is 12.8. The van der Waals surface area contributed by atoms with Gasteiger partial charge in [-0.25, -0.2) is 9.59 Å². The summed E-state index contributed by atoms with van der Waals surface area (Å²) in [7, 11) is 0. The number of phenols is 1. The largest absolute Gasteiger partial charge is 0.507 e. The number of esters is 3. The molecule has 1 unspecified atom stereocenters. The lowest BCUT2D eigenvalue weighted by molar-refractivity contribution is -0.139. The van der Waals surface area contributed by atoms with Crippen LogP contribution in [0.1, 0.15) is 55.0 Å². The van der Waals surface area contributed by atoms with Gasteiger partial charge in [0.15, 0.2) is 5.78 Å². The van der Waals surface area contributed by atoms with E-state index in [2.05, 4.69) is 0 Å². The summed E-state index contributed by atoms with van der Waals surface area (Å²) in [5.41, 5.74) is 1.19. The standard InChI is InChI=1S/C30H22O7/c1-19(21-12-9-13-22(18-21)27(32)20-10-3-2-4-11-20)28(33)37-30(35)24-15-6-8-17-26(24)36-29(34)23-14-5-7-16-25(23)31/h2-19,31H,1H3. The third kappa shape index (κ3) is 5.79. The highest BCUT2D eigenvalue weighted by Crippen LogP contribution is 2.25. The van der Waals surface area contributed by atoms with E-state index in [9.17, 15) is 24.3 Å². The Balaban J connectivity index is 1.48. The summed E-state index contributed by atoms with van der Waals surface area (Å²) in [6, 6.07) is 26.9. The lowest BCUT2D eigenvalue weighted by atomic mass is 9.96. The quantitative estimate of drug-likeness (QED) is 0.160. The minimum absolute atomic E-state index is 0.0831. The summed E-state index contributed by atoms with van der Waals surface area (Å²) in [6.07, 6.45) is 0. The normalized spacial score (nSPS) is 11.3. The molecule has 0 heterocycles. The highest BCUT2D eigenvalue weighted by atomic mass is 16.6. The van der Waals surface area contributed by atoms with Crippen LogP contribution in [0.3, 0.4) is 0 Å². The molecule has 1 N–H and O–H groups in total. The van der Waals surface area contributed by atoms with Gasteiger partial charge in [0.25, 0.3) is 0 Å². The molecular formula is C30H22O7. The topological polar surface area (TPSA) is 107 Å². The van der Waals surface area contributed by atoms with E-state index in [1.165, 1.54) is 30.3 Å². The van der Waals surface area contributed by atoms with E-state index in [-0.39, 0.29) is 28.4 Å². The number of para-hydroxylation sites is 2. The molecule has 0 spiro atoms. The van der Waals surface area contributed by atoms with Crippen molar-refractivity contribution in [1.82, 2.24) is 0 Å². The lowest BCUT2D eigenvalue weighted by Crippen LogP contribution is -2.20. The molecule has 0 aliphatic heterocycles. The summed E-state index contributed by atoms with van der Waals surface area (Å²) in [4.78, 5) is 50.9. The monoisotopic (exact) mass is 494 g/mol. The molecule has 37 heavy (non-hydrogen) atoms. The molecule has 1 atom stereocenters. The first kappa shape index (κ1) is 25.1. The van der Waals surface area contributed by atoms with Crippen LogP contribution >= 0.6 is 0 Å². The zero-order valence-electron chi connectivity index (χ0n) is 19.8. The number of hydrogen-bond donors (Lipinski definition) is 1. The number of phenolic OH excluding ortho intramolecular Hbond substituents is 1. The van der Waals surface area contributed by atoms with Gasteiger partial charge >= 0.3 is 17.9 Å². The summed E-state index contributed by atoms with van der Waals surface area (Å²) in [6.45, 7) is 1.56. The predicted octanol–water partition coefficient (Wildman–Crippen LogP) is 5.33. The Hall–Kier alpha value is -5.04. The summed E-state index contributed by atoms with van der Waals surface area (Å²) in [5, 5.41) is 9.89. The van der Waals surface area contributed by atoms with Crippen LogP contribution < -0.4 is 4.74 Å². The van der Waals surface area contributed by atoms with Gasteiger partial charge in [-0.15, -0.1) is 0 Å². The Morgan fingerprint density at radius 3 is 2.03 bits per heavy atom. The number of aromatic hydroxyl groups is 1. The molecule has 4 rings (SSSR count). The Morgan fingerprint density at radius 1 is 0.676 bits per heavy atom. The number of ketones is 1. The summed E-state index contributed by atoms with van der Waals surface area (Å²) < 4.78 is 10.4. The molecule has 4 aromatic rings. The molecule has 0 bridgehead atoms. The van der Waals surface area contributed by atoms with Crippen molar-refractivity contribution in [3.63, 3.8) is 0 Å². The fraction of sp³-hybridized carbons (Fsp3) is 0.0667. The van der Waals surface area contributed by atoms with E-state index >= 15 is 0 Å². The average molecular weight is 494 g/mol. The zero-order valence-corrected chi connectivity index (χ0v) is 19.8. The van der Waals surface area contributed by atoms with E-state index in [0.717, 1.165) is 0 Å². The van der Waals surface area contributed by atoms with Gasteiger partial charge in [-0.05, 0) is 42.8 Å². The Bertz CT molecular complexity index is 1470. The van der Waals surface area contributed by atoms with E-state index in [1.807, 2.05) is 6.07 Å². The van der Waals surface area contributed by atoms with Crippen LogP contribution in [0.15, 0.2) is 103 Å². The summed E-state index contributed by atoms with van der Waals surface area (Å²) in [5.74, 6) is -4.17. The smallest absolute Gasteiger partial charge is 0.349 e. The molecule has 0 aliphatic rings. The molecule has 0 aromatic heterocycles. The first-order chi connectivity index (χ1) is 17.8. The molecule has 7 heteroatoms. The van der Waals surface area contributed by atoms with Crippen LogP contribution in [0.25, 0.3) is 0 Å². The number of benzene rings is 4. The van der Waals surface area contributed by atoms with Crippen molar-refractivity contribution in [2.24, 2.45) is 0 Å². The van der Waals surface area contributed by atoms with Gasteiger partial charge in [-0.1, -0.05) is 72.8 Å². The number of carbonyl (C=O) groups is 4.